The lowest BCUT2D eigenvalue weighted by molar-refractivity contribution is 0.746. The monoisotopic (exact) mass is 280 g/mol. The van der Waals surface area contributed by atoms with Gasteiger partial charge in [-0.3, -0.25) is 14.4 Å². The van der Waals surface area contributed by atoms with Crippen molar-refractivity contribution in [2.45, 2.75) is 6.54 Å². The van der Waals surface area contributed by atoms with E-state index in [4.69, 9.17) is 0 Å². The van der Waals surface area contributed by atoms with Crippen molar-refractivity contribution in [3.05, 3.63) is 19.7 Å². The van der Waals surface area contributed by atoms with Gasteiger partial charge in [-0.05, 0) is 4.08 Å². The highest BCUT2D eigenvalue weighted by molar-refractivity contribution is 14.1. The van der Waals surface area contributed by atoms with Gasteiger partial charge in [0, 0.05) is 6.54 Å². The third-order valence-corrected chi connectivity index (χ3v) is 3.54. The summed E-state index contributed by atoms with van der Waals surface area (Å²) in [5.74, 6) is 0. The molecule has 0 unspecified atom stereocenters. The molecule has 0 amide bonds. The van der Waals surface area contributed by atoms with Crippen LogP contribution in [0.25, 0.3) is 4.08 Å². The number of rotatable bonds is 0. The molecule has 58 valence electrons. The molecule has 1 aromatic rings. The highest BCUT2D eigenvalue weighted by Gasteiger charge is 2.08. The Bertz CT molecular complexity index is 444. The van der Waals surface area contributed by atoms with Crippen LogP contribution in [0.15, 0.2) is 9.79 Å². The molecule has 3 nitrogen and oxygen atoms in total. The van der Waals surface area contributed by atoms with Crippen molar-refractivity contribution >= 4 is 38.0 Å². The Morgan fingerprint density at radius 3 is 3.27 bits per heavy atom. The van der Waals surface area contributed by atoms with E-state index in [9.17, 15) is 4.79 Å². The van der Waals surface area contributed by atoms with Crippen LogP contribution in [0, 0.1) is 0 Å². The number of hydrogen-bond donors (Lipinski definition) is 0. The van der Waals surface area contributed by atoms with Crippen molar-refractivity contribution < 1.29 is 0 Å². The Morgan fingerprint density at radius 2 is 2.55 bits per heavy atom. The first-order valence-electron chi connectivity index (χ1n) is 3.17. The summed E-state index contributed by atoms with van der Waals surface area (Å²) < 4.78 is 4.63. The van der Waals surface area contributed by atoms with E-state index in [1.54, 1.807) is 4.57 Å². The topological polar surface area (TPSA) is 34.4 Å². The molecule has 0 saturated heterocycles. The van der Waals surface area contributed by atoms with Crippen molar-refractivity contribution in [2.24, 2.45) is 4.99 Å². The summed E-state index contributed by atoms with van der Waals surface area (Å²) >= 11 is 3.40. The van der Waals surface area contributed by atoms with E-state index < -0.39 is 0 Å². The van der Waals surface area contributed by atoms with Crippen LogP contribution in [0.5, 0.6) is 0 Å². The van der Waals surface area contributed by atoms with Gasteiger partial charge in [0.1, 0.15) is 5.49 Å². The van der Waals surface area contributed by atoms with Crippen molar-refractivity contribution in [3.8, 4) is 0 Å². The van der Waals surface area contributed by atoms with Crippen molar-refractivity contribution in [1.82, 2.24) is 4.57 Å². The van der Waals surface area contributed by atoms with E-state index in [2.05, 4.69) is 27.6 Å². The smallest absolute Gasteiger partial charge is 0.281 e. The summed E-state index contributed by atoms with van der Waals surface area (Å²) in [4.78, 5) is 15.5. The summed E-state index contributed by atoms with van der Waals surface area (Å²) in [5, 5.41) is 0. The predicted octanol–water partition coefficient (Wildman–Crippen LogP) is -0.284. The minimum absolute atomic E-state index is 0.115. The van der Waals surface area contributed by atoms with Gasteiger partial charge in [-0.25, -0.2) is 0 Å². The van der Waals surface area contributed by atoms with Crippen LogP contribution < -0.4 is 14.9 Å². The largest absolute Gasteiger partial charge is 0.309 e. The van der Waals surface area contributed by atoms with Crippen molar-refractivity contribution in [3.63, 3.8) is 0 Å². The molecule has 1 aliphatic rings. The summed E-state index contributed by atoms with van der Waals surface area (Å²) in [7, 11) is 0. The minimum Gasteiger partial charge on any atom is -0.281 e. The quantitative estimate of drug-likeness (QED) is 0.602. The van der Waals surface area contributed by atoms with Crippen LogP contribution in [0.2, 0.25) is 0 Å². The molecule has 0 aliphatic carbocycles. The van der Waals surface area contributed by atoms with Crippen LogP contribution in [0.4, 0.5) is 0 Å². The first kappa shape index (κ1) is 7.48. The van der Waals surface area contributed by atoms with Gasteiger partial charge in [0.2, 0.25) is 0 Å². The molecule has 1 aliphatic heterocycles. The molecule has 2 rings (SSSR count). The van der Waals surface area contributed by atoms with Gasteiger partial charge in [-0.15, -0.1) is 0 Å². The van der Waals surface area contributed by atoms with Gasteiger partial charge in [0.25, 0.3) is 0 Å². The predicted molar refractivity (Wildman–Crippen MR) is 52.7 cm³/mol. The number of halogens is 1. The maximum atomic E-state index is 11.2. The lowest BCUT2D eigenvalue weighted by atomic mass is 10.7. The Kier molecular flexibility index (Phi) is 1.84. The maximum absolute atomic E-state index is 11.2. The Balaban J connectivity index is 3.00. The zero-order valence-electron chi connectivity index (χ0n) is 5.58. The number of fused-ring (bicyclic) bond motifs is 1. The Labute approximate surface area is 80.2 Å². The van der Waals surface area contributed by atoms with E-state index >= 15 is 0 Å². The molecule has 0 fully saturated rings. The minimum atomic E-state index is 0.115. The summed E-state index contributed by atoms with van der Waals surface area (Å²) in [6.07, 6.45) is 0. The summed E-state index contributed by atoms with van der Waals surface area (Å²) in [6.45, 7) is 1.52. The fourth-order valence-electron chi connectivity index (χ4n) is 1.10. The number of thiazole rings is 1. The van der Waals surface area contributed by atoms with Gasteiger partial charge in [0.05, 0.1) is 11.1 Å². The SMILES string of the molecule is O=c1sc(=CI)c2n1CCN=2. The van der Waals surface area contributed by atoms with Crippen LogP contribution in [0.1, 0.15) is 0 Å². The molecule has 0 bridgehead atoms. The van der Waals surface area contributed by atoms with E-state index in [1.165, 1.54) is 11.3 Å². The summed E-state index contributed by atoms with van der Waals surface area (Å²) in [5.41, 5.74) is 0.870. The van der Waals surface area contributed by atoms with Crippen molar-refractivity contribution in [1.29, 1.82) is 0 Å². The Morgan fingerprint density at radius 1 is 1.73 bits per heavy atom. The van der Waals surface area contributed by atoms with E-state index in [0.717, 1.165) is 23.1 Å². The molecule has 0 atom stereocenters. The van der Waals surface area contributed by atoms with Crippen LogP contribution in [-0.4, -0.2) is 11.1 Å². The fraction of sp³-hybridized carbons (Fsp3) is 0.333. The lowest BCUT2D eigenvalue weighted by Gasteiger charge is -1.84. The molecule has 0 N–H and O–H groups in total. The van der Waals surface area contributed by atoms with Crippen molar-refractivity contribution in [2.75, 3.05) is 6.54 Å². The number of nitrogens with zero attached hydrogens (tertiary/aromatic N) is 2. The number of aromatic nitrogens is 1. The third-order valence-electron chi connectivity index (χ3n) is 1.58. The molecular weight excluding hydrogens is 275 g/mol. The molecule has 0 radical (unpaired) electrons. The third kappa shape index (κ3) is 1.06. The van der Waals surface area contributed by atoms with Gasteiger partial charge in [0.15, 0.2) is 0 Å². The zero-order valence-corrected chi connectivity index (χ0v) is 8.55. The zero-order chi connectivity index (χ0) is 7.84. The first-order chi connectivity index (χ1) is 5.33. The van der Waals surface area contributed by atoms with E-state index in [-0.39, 0.29) is 4.87 Å². The molecule has 11 heavy (non-hydrogen) atoms. The Hall–Kier alpha value is -0.170. The highest BCUT2D eigenvalue weighted by Crippen LogP contribution is 1.87. The van der Waals surface area contributed by atoms with E-state index in [0.29, 0.717) is 0 Å². The molecule has 0 aromatic carbocycles. The fourth-order valence-corrected chi connectivity index (χ4v) is 2.55. The second-order valence-electron chi connectivity index (χ2n) is 2.20. The molecule has 2 heterocycles. The average Bonchev–Trinajstić information content (AvgIpc) is 2.54. The van der Waals surface area contributed by atoms with Crippen LogP contribution in [-0.2, 0) is 6.54 Å². The number of hydrogen-bond acceptors (Lipinski definition) is 3. The van der Waals surface area contributed by atoms with Gasteiger partial charge in [-0.1, -0.05) is 33.9 Å². The van der Waals surface area contributed by atoms with Crippen LogP contribution >= 0.6 is 33.9 Å². The van der Waals surface area contributed by atoms with Crippen LogP contribution in [0.3, 0.4) is 0 Å². The second-order valence-corrected chi connectivity index (χ2v) is 3.81. The standard InChI is InChI=1S/C6H5IN2OS/c7-3-4-5-8-1-2-9(5)6(10)11-4/h3H,1-2H2. The summed E-state index contributed by atoms with van der Waals surface area (Å²) in [6, 6.07) is 0. The second kappa shape index (κ2) is 2.71. The van der Waals surface area contributed by atoms with Gasteiger partial charge in [-0.2, -0.15) is 0 Å². The highest BCUT2D eigenvalue weighted by atomic mass is 127. The van der Waals surface area contributed by atoms with Gasteiger partial charge < -0.3 is 0 Å². The molecule has 0 spiro atoms. The lowest BCUT2D eigenvalue weighted by Crippen LogP contribution is -2.27. The maximum Gasteiger partial charge on any atom is 0.309 e. The van der Waals surface area contributed by atoms with Gasteiger partial charge >= 0.3 is 4.87 Å². The average molecular weight is 280 g/mol. The normalized spacial score (nSPS) is 16.6. The molecular formula is C6H5IN2OS. The first-order valence-corrected chi connectivity index (χ1v) is 5.23. The molecule has 1 aromatic heterocycles. The molecule has 0 saturated carbocycles. The van der Waals surface area contributed by atoms with E-state index in [1.807, 2.05) is 4.08 Å². The molecule has 5 heteroatoms.